The molecular formula is C16H22FNO. The van der Waals surface area contributed by atoms with Gasteiger partial charge in [0.25, 0.3) is 0 Å². The van der Waals surface area contributed by atoms with Crippen molar-refractivity contribution in [1.29, 1.82) is 0 Å². The van der Waals surface area contributed by atoms with E-state index < -0.39 is 0 Å². The third-order valence-electron chi connectivity index (χ3n) is 3.03. The average Bonchev–Trinajstić information content (AvgIpc) is 2.43. The van der Waals surface area contributed by atoms with Gasteiger partial charge in [0.05, 0.1) is 0 Å². The smallest absolute Gasteiger partial charge is 0.128 e. The highest BCUT2D eigenvalue weighted by atomic mass is 19.1. The molecule has 3 heteroatoms. The summed E-state index contributed by atoms with van der Waals surface area (Å²) in [6, 6.07) is 5.02. The van der Waals surface area contributed by atoms with E-state index in [0.29, 0.717) is 17.7 Å². The molecule has 0 aromatic heterocycles. The number of hydrogen-bond acceptors (Lipinski definition) is 2. The summed E-state index contributed by atoms with van der Waals surface area (Å²) in [6.45, 7) is 6.60. The first-order chi connectivity index (χ1) is 9.21. The topological polar surface area (TPSA) is 23.5 Å². The summed E-state index contributed by atoms with van der Waals surface area (Å²) >= 11 is 0. The Kier molecular flexibility index (Phi) is 7.17. The Morgan fingerprint density at radius 1 is 1.32 bits per heavy atom. The molecule has 0 aliphatic carbocycles. The van der Waals surface area contributed by atoms with E-state index in [1.807, 2.05) is 0 Å². The number of nitrogens with zero attached hydrogens (tertiary/aromatic N) is 1. The number of unbranched alkanes of at least 4 members (excludes halogenated alkanes) is 1. The fraction of sp³-hybridized carbons (Fsp3) is 0.500. The lowest BCUT2D eigenvalue weighted by atomic mass is 10.1. The van der Waals surface area contributed by atoms with E-state index in [9.17, 15) is 4.39 Å². The second-order valence-electron chi connectivity index (χ2n) is 4.49. The summed E-state index contributed by atoms with van der Waals surface area (Å²) in [7, 11) is 0. The van der Waals surface area contributed by atoms with Crippen LogP contribution in [0.1, 0.15) is 37.8 Å². The van der Waals surface area contributed by atoms with Gasteiger partial charge in [0.1, 0.15) is 12.4 Å². The Balaban J connectivity index is 2.73. The van der Waals surface area contributed by atoms with Crippen LogP contribution in [-0.4, -0.2) is 29.7 Å². The summed E-state index contributed by atoms with van der Waals surface area (Å²) in [6.07, 6.45) is 2.28. The van der Waals surface area contributed by atoms with Crippen LogP contribution in [0.15, 0.2) is 18.2 Å². The van der Waals surface area contributed by atoms with Crippen molar-refractivity contribution in [2.75, 3.05) is 19.7 Å². The highest BCUT2D eigenvalue weighted by Crippen LogP contribution is 2.13. The van der Waals surface area contributed by atoms with Gasteiger partial charge in [0.15, 0.2) is 0 Å². The minimum atomic E-state index is -0.223. The number of aliphatic hydroxyl groups is 1. The Morgan fingerprint density at radius 3 is 2.68 bits per heavy atom. The van der Waals surface area contributed by atoms with Gasteiger partial charge in [-0.25, -0.2) is 4.39 Å². The molecule has 1 rings (SSSR count). The molecule has 0 atom stereocenters. The van der Waals surface area contributed by atoms with Crippen LogP contribution in [0.5, 0.6) is 0 Å². The Labute approximate surface area is 115 Å². The monoisotopic (exact) mass is 263 g/mol. The first kappa shape index (κ1) is 15.7. The molecule has 1 aromatic carbocycles. The molecule has 0 aliphatic rings. The van der Waals surface area contributed by atoms with Gasteiger partial charge >= 0.3 is 0 Å². The standard InChI is InChI=1S/C16H22FNO/c1-3-5-10-18(4-2)13-15-9-8-14(7-6-11-19)12-16(15)17/h8-9,12,19H,3-5,10-11,13H2,1-2H3. The largest absolute Gasteiger partial charge is 0.384 e. The van der Waals surface area contributed by atoms with Gasteiger partial charge < -0.3 is 5.11 Å². The zero-order chi connectivity index (χ0) is 14.1. The van der Waals surface area contributed by atoms with Crippen molar-refractivity contribution in [2.45, 2.75) is 33.2 Å². The van der Waals surface area contributed by atoms with Crippen LogP contribution < -0.4 is 0 Å². The van der Waals surface area contributed by atoms with Crippen molar-refractivity contribution in [2.24, 2.45) is 0 Å². The lowest BCUT2D eigenvalue weighted by Crippen LogP contribution is -2.24. The third-order valence-corrected chi connectivity index (χ3v) is 3.03. The summed E-state index contributed by atoms with van der Waals surface area (Å²) in [5.41, 5.74) is 1.31. The third kappa shape index (κ3) is 5.42. The number of rotatable bonds is 6. The summed E-state index contributed by atoms with van der Waals surface area (Å²) < 4.78 is 13.9. The van der Waals surface area contributed by atoms with E-state index >= 15 is 0 Å². The quantitative estimate of drug-likeness (QED) is 0.798. The van der Waals surface area contributed by atoms with Crippen LogP contribution in [0.4, 0.5) is 4.39 Å². The van der Waals surface area contributed by atoms with E-state index in [1.54, 1.807) is 12.1 Å². The van der Waals surface area contributed by atoms with Gasteiger partial charge in [-0.2, -0.15) is 0 Å². The molecule has 0 aliphatic heterocycles. The molecule has 1 aromatic rings. The maximum atomic E-state index is 13.9. The second kappa shape index (κ2) is 8.68. The molecule has 0 radical (unpaired) electrons. The summed E-state index contributed by atoms with van der Waals surface area (Å²) in [5, 5.41) is 8.61. The van der Waals surface area contributed by atoms with Crippen molar-refractivity contribution < 1.29 is 9.50 Å². The van der Waals surface area contributed by atoms with Crippen LogP contribution in [0.25, 0.3) is 0 Å². The van der Waals surface area contributed by atoms with Gasteiger partial charge in [0, 0.05) is 17.7 Å². The first-order valence-electron chi connectivity index (χ1n) is 6.81. The molecule has 0 fully saturated rings. The van der Waals surface area contributed by atoms with Gasteiger partial charge in [-0.05, 0) is 31.6 Å². The normalized spacial score (nSPS) is 10.4. The molecule has 0 saturated heterocycles. The van der Waals surface area contributed by atoms with Gasteiger partial charge in [-0.3, -0.25) is 4.90 Å². The second-order valence-corrected chi connectivity index (χ2v) is 4.49. The fourth-order valence-electron chi connectivity index (χ4n) is 1.87. The fourth-order valence-corrected chi connectivity index (χ4v) is 1.87. The zero-order valence-electron chi connectivity index (χ0n) is 11.7. The molecule has 0 heterocycles. The van der Waals surface area contributed by atoms with Gasteiger partial charge in [-0.1, -0.05) is 38.2 Å². The highest BCUT2D eigenvalue weighted by molar-refractivity contribution is 5.37. The Hall–Kier alpha value is -1.37. The average molecular weight is 263 g/mol. The van der Waals surface area contributed by atoms with E-state index in [0.717, 1.165) is 25.9 Å². The first-order valence-corrected chi connectivity index (χ1v) is 6.81. The number of benzene rings is 1. The molecule has 19 heavy (non-hydrogen) atoms. The maximum Gasteiger partial charge on any atom is 0.128 e. The lowest BCUT2D eigenvalue weighted by Gasteiger charge is -2.20. The number of hydrogen-bond donors (Lipinski definition) is 1. The molecule has 0 bridgehead atoms. The Bertz CT molecular complexity index is 448. The van der Waals surface area contributed by atoms with E-state index in [1.165, 1.54) is 6.07 Å². The van der Waals surface area contributed by atoms with E-state index in [2.05, 4.69) is 30.6 Å². The van der Waals surface area contributed by atoms with E-state index in [-0.39, 0.29) is 12.4 Å². The summed E-state index contributed by atoms with van der Waals surface area (Å²) in [4.78, 5) is 2.24. The lowest BCUT2D eigenvalue weighted by molar-refractivity contribution is 0.271. The molecule has 0 amide bonds. The molecule has 1 N–H and O–H groups in total. The van der Waals surface area contributed by atoms with Gasteiger partial charge in [-0.15, -0.1) is 0 Å². The molecule has 2 nitrogen and oxygen atoms in total. The number of aliphatic hydroxyl groups excluding tert-OH is 1. The molecule has 0 saturated carbocycles. The van der Waals surface area contributed by atoms with Gasteiger partial charge in [0.2, 0.25) is 0 Å². The predicted octanol–water partition coefficient (Wildman–Crippen LogP) is 2.79. The van der Waals surface area contributed by atoms with E-state index in [4.69, 9.17) is 5.11 Å². The molecule has 104 valence electrons. The molecular weight excluding hydrogens is 241 g/mol. The van der Waals surface area contributed by atoms with Crippen LogP contribution in [0.2, 0.25) is 0 Å². The van der Waals surface area contributed by atoms with Crippen molar-refractivity contribution in [1.82, 2.24) is 4.90 Å². The van der Waals surface area contributed by atoms with Crippen LogP contribution in [0.3, 0.4) is 0 Å². The zero-order valence-corrected chi connectivity index (χ0v) is 11.7. The highest BCUT2D eigenvalue weighted by Gasteiger charge is 2.08. The minimum Gasteiger partial charge on any atom is -0.384 e. The SMILES string of the molecule is CCCCN(CC)Cc1ccc(C#CCO)cc1F. The minimum absolute atomic E-state index is 0.204. The van der Waals surface area contributed by atoms with Crippen molar-refractivity contribution >= 4 is 0 Å². The van der Waals surface area contributed by atoms with Crippen molar-refractivity contribution in [3.05, 3.63) is 35.1 Å². The molecule has 0 unspecified atom stereocenters. The Morgan fingerprint density at radius 2 is 2.11 bits per heavy atom. The van der Waals surface area contributed by atoms with Crippen LogP contribution in [-0.2, 0) is 6.54 Å². The van der Waals surface area contributed by atoms with Crippen LogP contribution >= 0.6 is 0 Å². The van der Waals surface area contributed by atoms with Crippen LogP contribution in [0, 0.1) is 17.7 Å². The number of halogens is 1. The summed E-state index contributed by atoms with van der Waals surface area (Å²) in [5.74, 6) is 5.01. The van der Waals surface area contributed by atoms with Crippen molar-refractivity contribution in [3.8, 4) is 11.8 Å². The molecule has 0 spiro atoms. The van der Waals surface area contributed by atoms with Crippen molar-refractivity contribution in [3.63, 3.8) is 0 Å². The predicted molar refractivity (Wildman–Crippen MR) is 76.2 cm³/mol. The maximum absolute atomic E-state index is 13.9.